The summed E-state index contributed by atoms with van der Waals surface area (Å²) in [6.07, 6.45) is 3.31. The third-order valence-corrected chi connectivity index (χ3v) is 13.5. The summed E-state index contributed by atoms with van der Waals surface area (Å²) in [6, 6.07) is 15.9. The van der Waals surface area contributed by atoms with E-state index in [-0.39, 0.29) is 48.7 Å². The molecule has 68 heavy (non-hydrogen) atoms. The van der Waals surface area contributed by atoms with Gasteiger partial charge in [0.05, 0.1) is 36.6 Å². The number of benzene rings is 2. The zero-order chi connectivity index (χ0) is 49.0. The molecular formula is C53H68N8O7. The average Bonchev–Trinajstić information content (AvgIpc) is 3.61. The maximum atomic E-state index is 14.7. The van der Waals surface area contributed by atoms with E-state index in [0.29, 0.717) is 52.0 Å². The van der Waals surface area contributed by atoms with Gasteiger partial charge in [0.2, 0.25) is 11.8 Å². The van der Waals surface area contributed by atoms with Crippen LogP contribution in [0.4, 0.5) is 0 Å². The number of likely N-dealkylation sites (N-methyl/N-ethyl adjacent to an activating group) is 1. The van der Waals surface area contributed by atoms with E-state index in [9.17, 15) is 24.0 Å². The molecule has 5 heterocycles. The fraction of sp³-hybridized carbons (Fsp3) is 0.509. The largest absolute Gasteiger partial charge is 0.464 e. The molecule has 2 fully saturated rings. The molecule has 0 saturated carbocycles. The lowest BCUT2D eigenvalue weighted by atomic mass is 9.84. The lowest BCUT2D eigenvalue weighted by molar-refractivity contribution is -0.155. The number of rotatable bonds is 10. The maximum absolute atomic E-state index is 14.7. The van der Waals surface area contributed by atoms with Gasteiger partial charge in [-0.1, -0.05) is 63.9 Å². The number of hydrogen-bond donors (Lipinski definition) is 2. The molecule has 362 valence electrons. The molecule has 2 saturated heterocycles. The topological polar surface area (TPSA) is 159 Å². The van der Waals surface area contributed by atoms with Crippen LogP contribution in [0, 0.1) is 29.1 Å². The molecule has 4 aromatic rings. The fourth-order valence-corrected chi connectivity index (χ4v) is 9.79. The van der Waals surface area contributed by atoms with Crippen LogP contribution in [-0.4, -0.2) is 138 Å². The summed E-state index contributed by atoms with van der Waals surface area (Å²) in [6.45, 7) is 14.6. The van der Waals surface area contributed by atoms with Crippen LogP contribution in [0.15, 0.2) is 60.8 Å². The quantitative estimate of drug-likeness (QED) is 0.159. The van der Waals surface area contributed by atoms with Crippen molar-refractivity contribution in [1.82, 2.24) is 40.0 Å². The van der Waals surface area contributed by atoms with Gasteiger partial charge in [0.1, 0.15) is 18.1 Å². The molecule has 15 nitrogen and oxygen atoms in total. The van der Waals surface area contributed by atoms with Gasteiger partial charge in [-0.05, 0) is 91.5 Å². The molecule has 2 aromatic heterocycles. The first-order valence-electron chi connectivity index (χ1n) is 23.9. The third kappa shape index (κ3) is 10.8. The summed E-state index contributed by atoms with van der Waals surface area (Å²) in [7, 11) is 6.61. The number of esters is 1. The number of carbonyl (C=O) groups excluding carboxylic acids is 5. The Bertz CT molecular complexity index is 2600. The summed E-state index contributed by atoms with van der Waals surface area (Å²) in [5.74, 6) is 3.11. The number of aromatic nitrogens is 2. The second kappa shape index (κ2) is 21.1. The first-order valence-corrected chi connectivity index (χ1v) is 23.9. The van der Waals surface area contributed by atoms with Crippen LogP contribution in [0.5, 0.6) is 0 Å². The van der Waals surface area contributed by atoms with Crippen molar-refractivity contribution >= 4 is 40.5 Å². The van der Waals surface area contributed by atoms with E-state index in [1.807, 2.05) is 43.9 Å². The van der Waals surface area contributed by atoms with E-state index in [4.69, 9.17) is 14.5 Å². The minimum atomic E-state index is -1.04. The monoisotopic (exact) mass is 929 g/mol. The summed E-state index contributed by atoms with van der Waals surface area (Å²) < 4.78 is 14.3. The van der Waals surface area contributed by atoms with Gasteiger partial charge in [0.15, 0.2) is 0 Å². The summed E-state index contributed by atoms with van der Waals surface area (Å²) >= 11 is 0. The zero-order valence-corrected chi connectivity index (χ0v) is 41.3. The highest BCUT2D eigenvalue weighted by Crippen LogP contribution is 2.42. The van der Waals surface area contributed by atoms with E-state index in [0.717, 1.165) is 50.1 Å². The van der Waals surface area contributed by atoms with Crippen LogP contribution < -0.4 is 10.7 Å². The van der Waals surface area contributed by atoms with Crippen molar-refractivity contribution in [2.45, 2.75) is 98.0 Å². The van der Waals surface area contributed by atoms with Gasteiger partial charge in [-0.25, -0.2) is 5.43 Å². The van der Waals surface area contributed by atoms with Crippen molar-refractivity contribution in [1.29, 1.82) is 0 Å². The molecule has 3 aliphatic rings. The molecule has 0 spiro atoms. The molecule has 0 unspecified atom stereocenters. The van der Waals surface area contributed by atoms with Gasteiger partial charge in [0, 0.05) is 88.9 Å². The van der Waals surface area contributed by atoms with Crippen LogP contribution in [0.2, 0.25) is 0 Å². The number of carbonyl (C=O) groups is 5. The molecule has 3 aliphatic heterocycles. The lowest BCUT2D eigenvalue weighted by Crippen LogP contribution is -2.63. The minimum absolute atomic E-state index is 0.137. The van der Waals surface area contributed by atoms with Crippen LogP contribution >= 0.6 is 0 Å². The van der Waals surface area contributed by atoms with Crippen LogP contribution in [0.1, 0.15) is 77.3 Å². The van der Waals surface area contributed by atoms with Crippen LogP contribution in [-0.2, 0) is 52.8 Å². The molecule has 4 amide bonds. The van der Waals surface area contributed by atoms with Crippen molar-refractivity contribution < 1.29 is 33.4 Å². The Morgan fingerprint density at radius 1 is 1.03 bits per heavy atom. The van der Waals surface area contributed by atoms with E-state index >= 15 is 0 Å². The number of hydrazine groups is 1. The number of ether oxygens (including phenoxy) is 2. The SMILES string of the molecule is CCn1c(-c2cccnc2[C@H](C)OC)c2c3cc(ccc31)-c1cccc(c1)C[C@H](NC(=O)[C@H](C(C)C)N(C)C(=O)C1CN(CC#CC(=O)N(C)C)C1)C(=O)N1CCC[C@H](N1)C(=O)OCC(C)(C)C2. The van der Waals surface area contributed by atoms with Gasteiger partial charge in [-0.3, -0.25) is 38.9 Å². The number of cyclic esters (lactones) is 1. The van der Waals surface area contributed by atoms with E-state index in [1.54, 1.807) is 34.4 Å². The van der Waals surface area contributed by atoms with Crippen molar-refractivity contribution in [3.8, 4) is 34.2 Å². The van der Waals surface area contributed by atoms with Crippen molar-refractivity contribution in [2.24, 2.45) is 17.3 Å². The molecular weight excluding hydrogens is 861 g/mol. The molecule has 15 heteroatoms. The number of amides is 4. The summed E-state index contributed by atoms with van der Waals surface area (Å²) in [4.78, 5) is 78.7. The number of aryl methyl sites for hydroxylation is 1. The Kier molecular flexibility index (Phi) is 15.4. The highest BCUT2D eigenvalue weighted by Gasteiger charge is 2.41. The van der Waals surface area contributed by atoms with Crippen molar-refractivity contribution in [2.75, 3.05) is 61.0 Å². The molecule has 4 atom stereocenters. The first kappa shape index (κ1) is 49.8. The number of hydrogen-bond acceptors (Lipinski definition) is 10. The smallest absolute Gasteiger partial charge is 0.324 e. The summed E-state index contributed by atoms with van der Waals surface area (Å²) in [5.41, 5.74) is 10.5. The molecule has 2 N–H and O–H groups in total. The average molecular weight is 929 g/mol. The van der Waals surface area contributed by atoms with Gasteiger partial charge < -0.3 is 29.2 Å². The predicted molar refractivity (Wildman–Crippen MR) is 261 cm³/mol. The Balaban J connectivity index is 1.23. The van der Waals surface area contributed by atoms with E-state index in [2.05, 4.69) is 84.3 Å². The number of pyridine rings is 1. The number of nitrogens with one attached hydrogen (secondary N) is 2. The standard InChI is InChI=1S/C53H68N8O7/c1-11-60-44-22-21-37-28-40(44)41(48(60)39-18-13-23-54-46(39)34(4)67-10)29-53(5,6)32-68-52(66)42-19-14-25-61(56-42)51(65)43(27-35-16-12-17-36(37)26-35)55-49(63)47(33(2)3)58(9)50(64)38-30-59(31-38)24-15-20-45(62)57(7)8/h12-13,16-18,21-23,26,28,33-34,38,42-43,47,56H,11,14,19,24-25,27,29-32H2,1-10H3,(H,55,63)/t34-,42-,43-,47-/m0/s1. The molecule has 7 rings (SSSR count). The van der Waals surface area contributed by atoms with Gasteiger partial charge in [0.25, 0.3) is 11.8 Å². The number of methoxy groups -OCH3 is 1. The van der Waals surface area contributed by atoms with Crippen molar-refractivity contribution in [3.05, 3.63) is 77.6 Å². The second-order valence-electron chi connectivity index (χ2n) is 19.9. The maximum Gasteiger partial charge on any atom is 0.324 e. The first-order chi connectivity index (χ1) is 32.4. The van der Waals surface area contributed by atoms with Crippen LogP contribution in [0.3, 0.4) is 0 Å². The Labute approximate surface area is 400 Å². The number of nitrogens with zero attached hydrogens (tertiary/aromatic N) is 6. The minimum Gasteiger partial charge on any atom is -0.464 e. The molecule has 6 bridgehead atoms. The van der Waals surface area contributed by atoms with Gasteiger partial charge >= 0.3 is 5.97 Å². The number of fused-ring (bicyclic) bond motifs is 6. The van der Waals surface area contributed by atoms with Crippen molar-refractivity contribution in [3.63, 3.8) is 0 Å². The zero-order valence-electron chi connectivity index (χ0n) is 41.3. The molecule has 0 aliphatic carbocycles. The van der Waals surface area contributed by atoms with Gasteiger partial charge in [-0.15, -0.1) is 0 Å². The number of likely N-dealkylation sites (tertiary alicyclic amines) is 1. The predicted octanol–water partition coefficient (Wildman–Crippen LogP) is 5.25. The Morgan fingerprint density at radius 2 is 1.78 bits per heavy atom. The highest BCUT2D eigenvalue weighted by atomic mass is 16.5. The van der Waals surface area contributed by atoms with Crippen LogP contribution in [0.25, 0.3) is 33.3 Å². The molecule has 2 aromatic carbocycles. The Morgan fingerprint density at radius 3 is 2.49 bits per heavy atom. The second-order valence-corrected chi connectivity index (χ2v) is 19.9. The molecule has 0 radical (unpaired) electrons. The van der Waals surface area contributed by atoms with Gasteiger partial charge in [-0.2, -0.15) is 0 Å². The lowest BCUT2D eigenvalue weighted by Gasteiger charge is -2.41. The highest BCUT2D eigenvalue weighted by molar-refractivity contribution is 5.96. The normalized spacial score (nSPS) is 19.8. The van der Waals surface area contributed by atoms with E-state index in [1.165, 1.54) is 14.8 Å². The van der Waals surface area contributed by atoms with E-state index < -0.39 is 35.4 Å². The fourth-order valence-electron chi connectivity index (χ4n) is 9.79. The third-order valence-electron chi connectivity index (χ3n) is 13.5. The Hall–Kier alpha value is -6.08. The summed E-state index contributed by atoms with van der Waals surface area (Å²) in [5, 5.41) is 5.60.